The predicted molar refractivity (Wildman–Crippen MR) is 56.6 cm³/mol. The standard InChI is InChI=1S/C11H11FOS/c1-2-5-9(13)8-14-11-7-4-3-6-10(11)12/h1,3-4,6-7,9,13H,5,8H2. The summed E-state index contributed by atoms with van der Waals surface area (Å²) in [4.78, 5) is 0.545. The lowest BCUT2D eigenvalue weighted by Gasteiger charge is -2.06. The first-order chi connectivity index (χ1) is 6.74. The third-order valence-electron chi connectivity index (χ3n) is 1.62. The van der Waals surface area contributed by atoms with Gasteiger partial charge in [-0.2, -0.15) is 0 Å². The van der Waals surface area contributed by atoms with Crippen molar-refractivity contribution in [1.29, 1.82) is 0 Å². The lowest BCUT2D eigenvalue weighted by molar-refractivity contribution is 0.205. The van der Waals surface area contributed by atoms with E-state index in [1.165, 1.54) is 17.8 Å². The smallest absolute Gasteiger partial charge is 0.136 e. The van der Waals surface area contributed by atoms with E-state index in [0.717, 1.165) is 0 Å². The second kappa shape index (κ2) is 5.69. The molecule has 74 valence electrons. The normalized spacial score (nSPS) is 12.1. The molecule has 0 saturated carbocycles. The molecule has 0 saturated heterocycles. The number of rotatable bonds is 4. The van der Waals surface area contributed by atoms with Crippen LogP contribution < -0.4 is 0 Å². The van der Waals surface area contributed by atoms with Gasteiger partial charge < -0.3 is 5.11 Å². The largest absolute Gasteiger partial charge is 0.391 e. The van der Waals surface area contributed by atoms with E-state index in [2.05, 4.69) is 5.92 Å². The van der Waals surface area contributed by atoms with Gasteiger partial charge in [-0.25, -0.2) is 4.39 Å². The number of thioether (sulfide) groups is 1. The maximum Gasteiger partial charge on any atom is 0.136 e. The van der Waals surface area contributed by atoms with E-state index in [4.69, 9.17) is 6.42 Å². The molecule has 0 fully saturated rings. The Labute approximate surface area is 87.3 Å². The van der Waals surface area contributed by atoms with Gasteiger partial charge in [-0.05, 0) is 12.1 Å². The molecule has 0 aliphatic heterocycles. The highest BCUT2D eigenvalue weighted by atomic mass is 32.2. The summed E-state index contributed by atoms with van der Waals surface area (Å²) >= 11 is 1.27. The molecule has 1 N–H and O–H groups in total. The molecular formula is C11H11FOS. The lowest BCUT2D eigenvalue weighted by Crippen LogP contribution is -2.08. The molecule has 3 heteroatoms. The van der Waals surface area contributed by atoms with E-state index in [9.17, 15) is 9.50 Å². The Morgan fingerprint density at radius 2 is 2.21 bits per heavy atom. The number of benzene rings is 1. The molecule has 0 aliphatic rings. The van der Waals surface area contributed by atoms with Crippen LogP contribution in [0.2, 0.25) is 0 Å². The first-order valence-corrected chi connectivity index (χ1v) is 5.21. The molecule has 1 aromatic carbocycles. The van der Waals surface area contributed by atoms with Crippen LogP contribution in [0.15, 0.2) is 29.2 Å². The predicted octanol–water partition coefficient (Wildman–Crippen LogP) is 2.30. The monoisotopic (exact) mass is 210 g/mol. The van der Waals surface area contributed by atoms with Crippen LogP contribution >= 0.6 is 11.8 Å². The van der Waals surface area contributed by atoms with Crippen LogP contribution in [-0.4, -0.2) is 17.0 Å². The third-order valence-corrected chi connectivity index (χ3v) is 2.81. The number of terminal acetylenes is 1. The molecule has 0 spiro atoms. The molecule has 0 amide bonds. The molecule has 0 heterocycles. The van der Waals surface area contributed by atoms with Gasteiger partial charge in [0.25, 0.3) is 0 Å². The van der Waals surface area contributed by atoms with Gasteiger partial charge in [0, 0.05) is 17.1 Å². The van der Waals surface area contributed by atoms with Crippen molar-refractivity contribution >= 4 is 11.8 Å². The summed E-state index contributed by atoms with van der Waals surface area (Å²) in [6, 6.07) is 6.48. The topological polar surface area (TPSA) is 20.2 Å². The van der Waals surface area contributed by atoms with Gasteiger partial charge >= 0.3 is 0 Å². The number of aliphatic hydroxyl groups excluding tert-OH is 1. The molecule has 14 heavy (non-hydrogen) atoms. The molecule has 1 rings (SSSR count). The summed E-state index contributed by atoms with van der Waals surface area (Å²) in [5.41, 5.74) is 0. The quantitative estimate of drug-likeness (QED) is 0.608. The summed E-state index contributed by atoms with van der Waals surface area (Å²) in [7, 11) is 0. The minimum absolute atomic E-state index is 0.259. The van der Waals surface area contributed by atoms with Crippen LogP contribution in [0.4, 0.5) is 4.39 Å². The van der Waals surface area contributed by atoms with Crippen molar-refractivity contribution in [3.63, 3.8) is 0 Å². The van der Waals surface area contributed by atoms with Crippen molar-refractivity contribution in [2.75, 3.05) is 5.75 Å². The highest BCUT2D eigenvalue weighted by molar-refractivity contribution is 7.99. The fourth-order valence-electron chi connectivity index (χ4n) is 0.943. The molecule has 0 bridgehead atoms. The van der Waals surface area contributed by atoms with Crippen molar-refractivity contribution < 1.29 is 9.50 Å². The number of aliphatic hydroxyl groups is 1. The molecule has 0 radical (unpaired) electrons. The van der Waals surface area contributed by atoms with E-state index in [-0.39, 0.29) is 5.82 Å². The molecule has 1 unspecified atom stereocenters. The zero-order valence-electron chi connectivity index (χ0n) is 7.61. The van der Waals surface area contributed by atoms with Gasteiger partial charge in [0.15, 0.2) is 0 Å². The summed E-state index contributed by atoms with van der Waals surface area (Å²) < 4.78 is 13.1. The van der Waals surface area contributed by atoms with Crippen molar-refractivity contribution in [2.45, 2.75) is 17.4 Å². The van der Waals surface area contributed by atoms with Gasteiger partial charge in [0.05, 0.1) is 6.10 Å². The van der Waals surface area contributed by atoms with Crippen molar-refractivity contribution in [3.8, 4) is 12.3 Å². The van der Waals surface area contributed by atoms with Gasteiger partial charge in [0.2, 0.25) is 0 Å². The average Bonchev–Trinajstić information content (AvgIpc) is 2.17. The average molecular weight is 210 g/mol. The number of halogens is 1. The Morgan fingerprint density at radius 1 is 1.50 bits per heavy atom. The van der Waals surface area contributed by atoms with E-state index in [1.807, 2.05) is 0 Å². The van der Waals surface area contributed by atoms with Gasteiger partial charge in [0.1, 0.15) is 5.82 Å². The SMILES string of the molecule is C#CCC(O)CSc1ccccc1F. The third kappa shape index (κ3) is 3.41. The zero-order chi connectivity index (χ0) is 10.4. The number of hydrogen-bond acceptors (Lipinski definition) is 2. The summed E-state index contributed by atoms with van der Waals surface area (Å²) in [6.07, 6.45) is 4.78. The Hall–Kier alpha value is -0.980. The first-order valence-electron chi connectivity index (χ1n) is 4.23. The first kappa shape index (κ1) is 11.1. The summed E-state index contributed by atoms with van der Waals surface area (Å²) in [6.45, 7) is 0. The van der Waals surface area contributed by atoms with E-state index < -0.39 is 6.10 Å². The highest BCUT2D eigenvalue weighted by Gasteiger charge is 2.05. The number of hydrogen-bond donors (Lipinski definition) is 1. The second-order valence-corrected chi connectivity index (χ2v) is 3.87. The maximum atomic E-state index is 13.1. The fourth-order valence-corrected chi connectivity index (χ4v) is 1.81. The van der Waals surface area contributed by atoms with Crippen LogP contribution in [0.25, 0.3) is 0 Å². The van der Waals surface area contributed by atoms with Crippen LogP contribution in [0.3, 0.4) is 0 Å². The lowest BCUT2D eigenvalue weighted by atomic mass is 10.3. The van der Waals surface area contributed by atoms with Crippen LogP contribution in [-0.2, 0) is 0 Å². The Bertz CT molecular complexity index is 332. The molecule has 1 nitrogen and oxygen atoms in total. The van der Waals surface area contributed by atoms with Gasteiger partial charge in [-0.15, -0.1) is 24.1 Å². The minimum Gasteiger partial charge on any atom is -0.391 e. The minimum atomic E-state index is -0.565. The Balaban J connectivity index is 2.46. The van der Waals surface area contributed by atoms with Crippen molar-refractivity contribution in [2.24, 2.45) is 0 Å². The fraction of sp³-hybridized carbons (Fsp3) is 0.273. The highest BCUT2D eigenvalue weighted by Crippen LogP contribution is 2.22. The molecule has 1 atom stereocenters. The molecular weight excluding hydrogens is 199 g/mol. The van der Waals surface area contributed by atoms with Gasteiger partial charge in [-0.1, -0.05) is 12.1 Å². The van der Waals surface area contributed by atoms with Crippen molar-refractivity contribution in [3.05, 3.63) is 30.1 Å². The van der Waals surface area contributed by atoms with E-state index in [1.54, 1.807) is 18.2 Å². The molecule has 0 aromatic heterocycles. The van der Waals surface area contributed by atoms with Crippen LogP contribution in [0, 0.1) is 18.2 Å². The van der Waals surface area contributed by atoms with E-state index in [0.29, 0.717) is 17.1 Å². The van der Waals surface area contributed by atoms with Crippen molar-refractivity contribution in [1.82, 2.24) is 0 Å². The zero-order valence-corrected chi connectivity index (χ0v) is 8.43. The van der Waals surface area contributed by atoms with Crippen LogP contribution in [0.1, 0.15) is 6.42 Å². The molecule has 0 aliphatic carbocycles. The summed E-state index contributed by atoms with van der Waals surface area (Å²) in [5, 5.41) is 9.32. The molecule has 1 aromatic rings. The van der Waals surface area contributed by atoms with E-state index >= 15 is 0 Å². The van der Waals surface area contributed by atoms with Gasteiger partial charge in [-0.3, -0.25) is 0 Å². The summed E-state index contributed by atoms with van der Waals surface area (Å²) in [5.74, 6) is 2.52. The Kier molecular flexibility index (Phi) is 4.51. The maximum absolute atomic E-state index is 13.1. The van der Waals surface area contributed by atoms with Crippen LogP contribution in [0.5, 0.6) is 0 Å². The second-order valence-electron chi connectivity index (χ2n) is 2.80. The Morgan fingerprint density at radius 3 is 2.86 bits per heavy atom.